The summed E-state index contributed by atoms with van der Waals surface area (Å²) in [6.07, 6.45) is 3.50. The first kappa shape index (κ1) is 16.8. The molecule has 0 saturated heterocycles. The number of amides is 1. The summed E-state index contributed by atoms with van der Waals surface area (Å²) in [6.45, 7) is 1.22. The monoisotopic (exact) mass is 303 g/mol. The summed E-state index contributed by atoms with van der Waals surface area (Å²) < 4.78 is 0. The van der Waals surface area contributed by atoms with E-state index in [1.54, 1.807) is 12.4 Å². The molecule has 0 bridgehead atoms. The Morgan fingerprint density at radius 1 is 1.23 bits per heavy atom. The zero-order valence-electron chi connectivity index (χ0n) is 11.6. The predicted molar refractivity (Wildman–Crippen MR) is 78.6 cm³/mol. The maximum atomic E-state index is 10.8. The van der Waals surface area contributed by atoms with Crippen molar-refractivity contribution >= 4 is 23.3 Å². The lowest BCUT2D eigenvalue weighted by atomic mass is 10.1. The van der Waals surface area contributed by atoms with Crippen LogP contribution in [-0.2, 0) is 4.79 Å². The molecule has 0 saturated carbocycles. The van der Waals surface area contributed by atoms with E-state index in [1.165, 1.54) is 13.0 Å². The molecule has 0 aliphatic heterocycles. The normalized spacial score (nSPS) is 9.14. The SMILES string of the molecule is CC(=O)Nc1ccc([N+](=O)[O-])cc1C(=O)O.c1ccncc1. The molecule has 2 N–H and O–H groups in total. The van der Waals surface area contributed by atoms with Gasteiger partial charge in [0.2, 0.25) is 5.91 Å². The van der Waals surface area contributed by atoms with Crippen molar-refractivity contribution < 1.29 is 19.6 Å². The average molecular weight is 303 g/mol. The second kappa shape index (κ2) is 8.10. The average Bonchev–Trinajstić information content (AvgIpc) is 2.49. The number of nitrogens with zero attached hydrogens (tertiary/aromatic N) is 2. The Bertz CT molecular complexity index is 647. The molecule has 2 rings (SSSR count). The van der Waals surface area contributed by atoms with Gasteiger partial charge in [-0.25, -0.2) is 4.79 Å². The highest BCUT2D eigenvalue weighted by atomic mass is 16.6. The molecular formula is C14H13N3O5. The van der Waals surface area contributed by atoms with E-state index >= 15 is 0 Å². The Morgan fingerprint density at radius 3 is 2.23 bits per heavy atom. The second-order valence-electron chi connectivity index (χ2n) is 4.00. The first-order valence-corrected chi connectivity index (χ1v) is 6.06. The number of benzene rings is 1. The molecule has 0 unspecified atom stereocenters. The van der Waals surface area contributed by atoms with Gasteiger partial charge in [0, 0.05) is 31.5 Å². The molecule has 0 spiro atoms. The number of nitro benzene ring substituents is 1. The van der Waals surface area contributed by atoms with Gasteiger partial charge in [0.15, 0.2) is 0 Å². The maximum absolute atomic E-state index is 10.8. The zero-order chi connectivity index (χ0) is 16.5. The van der Waals surface area contributed by atoms with Gasteiger partial charge in [-0.05, 0) is 18.2 Å². The molecule has 1 aromatic heterocycles. The number of carbonyl (C=O) groups is 2. The van der Waals surface area contributed by atoms with Crippen molar-refractivity contribution in [1.82, 2.24) is 4.98 Å². The van der Waals surface area contributed by atoms with Gasteiger partial charge in [-0.3, -0.25) is 19.9 Å². The molecular weight excluding hydrogens is 290 g/mol. The molecule has 8 heteroatoms. The van der Waals surface area contributed by atoms with Crippen molar-refractivity contribution in [1.29, 1.82) is 0 Å². The third-order valence-corrected chi connectivity index (χ3v) is 2.32. The third-order valence-electron chi connectivity index (χ3n) is 2.32. The molecule has 0 aliphatic rings. The number of rotatable bonds is 3. The van der Waals surface area contributed by atoms with Crippen LogP contribution in [-0.4, -0.2) is 26.9 Å². The fourth-order valence-electron chi connectivity index (χ4n) is 1.43. The number of carboxylic acids is 1. The number of carbonyl (C=O) groups excluding carboxylic acids is 1. The second-order valence-corrected chi connectivity index (χ2v) is 4.00. The van der Waals surface area contributed by atoms with Crippen LogP contribution in [0.5, 0.6) is 0 Å². The minimum Gasteiger partial charge on any atom is -0.478 e. The van der Waals surface area contributed by atoms with Gasteiger partial charge in [-0.15, -0.1) is 0 Å². The van der Waals surface area contributed by atoms with Crippen LogP contribution in [0.1, 0.15) is 17.3 Å². The summed E-state index contributed by atoms with van der Waals surface area (Å²) in [5, 5.41) is 21.5. The van der Waals surface area contributed by atoms with Crippen molar-refractivity contribution in [2.24, 2.45) is 0 Å². The molecule has 22 heavy (non-hydrogen) atoms. The van der Waals surface area contributed by atoms with Gasteiger partial charge in [-0.2, -0.15) is 0 Å². The molecule has 0 atom stereocenters. The van der Waals surface area contributed by atoms with E-state index in [9.17, 15) is 19.7 Å². The third kappa shape index (κ3) is 5.37. The van der Waals surface area contributed by atoms with Crippen LogP contribution in [0.15, 0.2) is 48.8 Å². The summed E-state index contributed by atoms with van der Waals surface area (Å²) >= 11 is 0. The van der Waals surface area contributed by atoms with Crippen LogP contribution in [0, 0.1) is 10.1 Å². The van der Waals surface area contributed by atoms with Crippen molar-refractivity contribution in [3.05, 3.63) is 64.5 Å². The largest absolute Gasteiger partial charge is 0.478 e. The quantitative estimate of drug-likeness (QED) is 0.662. The minimum absolute atomic E-state index is 0.0330. The van der Waals surface area contributed by atoms with Crippen LogP contribution in [0.25, 0.3) is 0 Å². The molecule has 1 aromatic carbocycles. The van der Waals surface area contributed by atoms with E-state index in [4.69, 9.17) is 5.11 Å². The lowest BCUT2D eigenvalue weighted by Gasteiger charge is -2.05. The molecule has 8 nitrogen and oxygen atoms in total. The van der Waals surface area contributed by atoms with Gasteiger partial charge in [-0.1, -0.05) is 6.07 Å². The molecule has 2 aromatic rings. The highest BCUT2D eigenvalue weighted by molar-refractivity contribution is 6.00. The molecule has 1 heterocycles. The number of hydrogen-bond donors (Lipinski definition) is 2. The van der Waals surface area contributed by atoms with Gasteiger partial charge < -0.3 is 10.4 Å². The van der Waals surface area contributed by atoms with Crippen LogP contribution < -0.4 is 5.32 Å². The van der Waals surface area contributed by atoms with Crippen LogP contribution in [0.4, 0.5) is 11.4 Å². The zero-order valence-corrected chi connectivity index (χ0v) is 11.6. The standard InChI is InChI=1S/C9H8N2O5.C5H5N/c1-5(12)10-8-3-2-6(11(15)16)4-7(8)9(13)14;1-2-4-6-5-3-1/h2-4H,1H3,(H,10,12)(H,13,14);1-5H. The summed E-state index contributed by atoms with van der Waals surface area (Å²) in [6, 6.07) is 8.92. The van der Waals surface area contributed by atoms with Gasteiger partial charge in [0.25, 0.3) is 5.69 Å². The Hall–Kier alpha value is -3.29. The minimum atomic E-state index is -1.34. The summed E-state index contributed by atoms with van der Waals surface area (Å²) in [5.74, 6) is -1.79. The fourth-order valence-corrected chi connectivity index (χ4v) is 1.43. The van der Waals surface area contributed by atoms with Gasteiger partial charge in [0.05, 0.1) is 16.2 Å². The fraction of sp³-hybridized carbons (Fsp3) is 0.0714. The first-order valence-electron chi connectivity index (χ1n) is 6.06. The van der Waals surface area contributed by atoms with Gasteiger partial charge >= 0.3 is 5.97 Å². The van der Waals surface area contributed by atoms with Crippen molar-refractivity contribution in [2.75, 3.05) is 5.32 Å². The maximum Gasteiger partial charge on any atom is 0.338 e. The molecule has 1 amide bonds. The number of non-ortho nitro benzene ring substituents is 1. The molecule has 0 fully saturated rings. The highest BCUT2D eigenvalue weighted by Crippen LogP contribution is 2.22. The Balaban J connectivity index is 0.000000335. The number of nitrogens with one attached hydrogen (secondary N) is 1. The Labute approximate surface area is 125 Å². The van der Waals surface area contributed by atoms with Crippen molar-refractivity contribution in [3.63, 3.8) is 0 Å². The molecule has 0 radical (unpaired) electrons. The van der Waals surface area contributed by atoms with E-state index in [0.717, 1.165) is 12.1 Å². The summed E-state index contributed by atoms with van der Waals surface area (Å²) in [4.78, 5) is 35.1. The number of aromatic carboxylic acids is 1. The number of pyridine rings is 1. The number of hydrogen-bond acceptors (Lipinski definition) is 5. The number of carboxylic acid groups (broad SMARTS) is 1. The lowest BCUT2D eigenvalue weighted by molar-refractivity contribution is -0.384. The Morgan fingerprint density at radius 2 is 1.86 bits per heavy atom. The van der Waals surface area contributed by atoms with E-state index in [2.05, 4.69) is 10.3 Å². The van der Waals surface area contributed by atoms with Crippen molar-refractivity contribution in [3.8, 4) is 0 Å². The predicted octanol–water partition coefficient (Wildman–Crippen LogP) is 2.33. The topological polar surface area (TPSA) is 122 Å². The molecule has 114 valence electrons. The van der Waals surface area contributed by atoms with E-state index in [-0.39, 0.29) is 16.9 Å². The summed E-state index contributed by atoms with van der Waals surface area (Å²) in [7, 11) is 0. The van der Waals surface area contributed by atoms with E-state index in [1.807, 2.05) is 18.2 Å². The van der Waals surface area contributed by atoms with E-state index in [0.29, 0.717) is 0 Å². The number of anilines is 1. The highest BCUT2D eigenvalue weighted by Gasteiger charge is 2.16. The van der Waals surface area contributed by atoms with Crippen LogP contribution in [0.2, 0.25) is 0 Å². The summed E-state index contributed by atoms with van der Waals surface area (Å²) in [5.41, 5.74) is -0.624. The lowest BCUT2D eigenvalue weighted by Crippen LogP contribution is -2.11. The smallest absolute Gasteiger partial charge is 0.338 e. The van der Waals surface area contributed by atoms with Crippen LogP contribution in [0.3, 0.4) is 0 Å². The molecule has 0 aliphatic carbocycles. The Kier molecular flexibility index (Phi) is 6.17. The van der Waals surface area contributed by atoms with Gasteiger partial charge in [0.1, 0.15) is 0 Å². The van der Waals surface area contributed by atoms with Crippen molar-refractivity contribution in [2.45, 2.75) is 6.92 Å². The first-order chi connectivity index (χ1) is 10.4. The number of aromatic nitrogens is 1. The van der Waals surface area contributed by atoms with E-state index < -0.39 is 16.8 Å². The number of nitro groups is 1. The van der Waals surface area contributed by atoms with Crippen LogP contribution >= 0.6 is 0 Å².